The predicted octanol–water partition coefficient (Wildman–Crippen LogP) is 3.21. The monoisotopic (exact) mass is 286 g/mol. The maximum absolute atomic E-state index is 11.2. The Morgan fingerprint density at radius 1 is 0.952 bits per heavy atom. The van der Waals surface area contributed by atoms with Crippen LogP contribution in [-0.4, -0.2) is 19.2 Å². The van der Waals surface area contributed by atoms with Crippen molar-refractivity contribution >= 4 is 5.97 Å². The summed E-state index contributed by atoms with van der Waals surface area (Å²) in [4.78, 5) is 11.2. The van der Waals surface area contributed by atoms with Gasteiger partial charge in [-0.2, -0.15) is 0 Å². The molecule has 4 nitrogen and oxygen atoms in total. The molecule has 2 rings (SSSR count). The molecule has 110 valence electrons. The van der Waals surface area contributed by atoms with E-state index in [-0.39, 0.29) is 12.6 Å². The minimum atomic E-state index is -0.381. The molecule has 0 spiro atoms. The van der Waals surface area contributed by atoms with Crippen LogP contribution >= 0.6 is 0 Å². The van der Waals surface area contributed by atoms with E-state index < -0.39 is 0 Å². The largest absolute Gasteiger partial charge is 0.489 e. The summed E-state index contributed by atoms with van der Waals surface area (Å²) in [5, 5.41) is 0. The summed E-state index contributed by atoms with van der Waals surface area (Å²) in [5.74, 6) is 0.891. The van der Waals surface area contributed by atoms with Crippen LogP contribution in [0.4, 0.5) is 0 Å². The topological polar surface area (TPSA) is 44.8 Å². The van der Waals surface area contributed by atoms with E-state index in [1.165, 1.54) is 0 Å². The Bertz CT molecular complexity index is 566. The molecule has 0 saturated carbocycles. The summed E-state index contributed by atoms with van der Waals surface area (Å²) in [6, 6.07) is 17.1. The quantitative estimate of drug-likeness (QED) is 0.733. The van der Waals surface area contributed by atoms with Crippen molar-refractivity contribution in [2.75, 3.05) is 13.2 Å². The molecule has 0 radical (unpaired) electrons. The zero-order valence-electron chi connectivity index (χ0n) is 12.0. The van der Waals surface area contributed by atoms with Gasteiger partial charge in [0.15, 0.2) is 6.61 Å². The van der Waals surface area contributed by atoms with Crippen molar-refractivity contribution in [3.8, 4) is 11.5 Å². The molecule has 0 heterocycles. The second-order valence-electron chi connectivity index (χ2n) is 4.34. The van der Waals surface area contributed by atoms with Crippen molar-refractivity contribution in [2.24, 2.45) is 0 Å². The summed E-state index contributed by atoms with van der Waals surface area (Å²) in [6.45, 7) is 2.50. The van der Waals surface area contributed by atoms with Crippen LogP contribution in [0.25, 0.3) is 0 Å². The lowest BCUT2D eigenvalue weighted by Gasteiger charge is -2.09. The van der Waals surface area contributed by atoms with Gasteiger partial charge in [0, 0.05) is 6.07 Å². The molecule has 21 heavy (non-hydrogen) atoms. The van der Waals surface area contributed by atoms with Crippen LogP contribution < -0.4 is 9.47 Å². The molecule has 2 aromatic rings. The highest BCUT2D eigenvalue weighted by Gasteiger charge is 2.04. The molecular weight excluding hydrogens is 268 g/mol. The maximum atomic E-state index is 11.2. The molecular formula is C17H18O4. The number of carbonyl (C=O) groups excluding carboxylic acids is 1. The summed E-state index contributed by atoms with van der Waals surface area (Å²) in [6.07, 6.45) is 0. The van der Waals surface area contributed by atoms with Crippen molar-refractivity contribution in [2.45, 2.75) is 13.5 Å². The van der Waals surface area contributed by atoms with Gasteiger partial charge in [0.25, 0.3) is 0 Å². The summed E-state index contributed by atoms with van der Waals surface area (Å²) in [5.41, 5.74) is 1.09. The standard InChI is InChI=1S/C17H18O4/c1-2-19-17(18)13-21-16-10-6-9-15(11-16)20-12-14-7-4-3-5-8-14/h3-11H,2,12-13H2,1H3. The Morgan fingerprint density at radius 3 is 2.38 bits per heavy atom. The van der Waals surface area contributed by atoms with E-state index in [1.54, 1.807) is 19.1 Å². The number of benzene rings is 2. The molecule has 0 fully saturated rings. The number of rotatable bonds is 7. The van der Waals surface area contributed by atoms with E-state index in [0.717, 1.165) is 5.56 Å². The summed E-state index contributed by atoms with van der Waals surface area (Å²) in [7, 11) is 0. The van der Waals surface area contributed by atoms with E-state index in [0.29, 0.717) is 24.7 Å². The van der Waals surface area contributed by atoms with Crippen molar-refractivity contribution < 1.29 is 19.0 Å². The van der Waals surface area contributed by atoms with Gasteiger partial charge in [-0.25, -0.2) is 4.79 Å². The van der Waals surface area contributed by atoms with Gasteiger partial charge in [0.2, 0.25) is 0 Å². The predicted molar refractivity (Wildman–Crippen MR) is 79.3 cm³/mol. The first-order valence-corrected chi connectivity index (χ1v) is 6.83. The van der Waals surface area contributed by atoms with E-state index >= 15 is 0 Å². The fraction of sp³-hybridized carbons (Fsp3) is 0.235. The molecule has 0 saturated heterocycles. The zero-order chi connectivity index (χ0) is 14.9. The molecule has 0 aliphatic heterocycles. The van der Waals surface area contributed by atoms with Gasteiger partial charge in [-0.1, -0.05) is 36.4 Å². The third-order valence-electron chi connectivity index (χ3n) is 2.72. The van der Waals surface area contributed by atoms with Crippen molar-refractivity contribution in [1.82, 2.24) is 0 Å². The van der Waals surface area contributed by atoms with Crippen LogP contribution in [0, 0.1) is 0 Å². The van der Waals surface area contributed by atoms with Crippen LogP contribution in [0.5, 0.6) is 11.5 Å². The molecule has 0 bridgehead atoms. The molecule has 0 aromatic heterocycles. The van der Waals surface area contributed by atoms with E-state index in [2.05, 4.69) is 0 Å². The van der Waals surface area contributed by atoms with Gasteiger partial charge in [0.1, 0.15) is 18.1 Å². The van der Waals surface area contributed by atoms with Crippen molar-refractivity contribution in [3.63, 3.8) is 0 Å². The lowest BCUT2D eigenvalue weighted by molar-refractivity contribution is -0.145. The molecule has 4 heteroatoms. The van der Waals surface area contributed by atoms with Gasteiger partial charge >= 0.3 is 5.97 Å². The van der Waals surface area contributed by atoms with E-state index in [4.69, 9.17) is 14.2 Å². The van der Waals surface area contributed by atoms with Crippen LogP contribution in [-0.2, 0) is 16.1 Å². The summed E-state index contributed by atoms with van der Waals surface area (Å²) >= 11 is 0. The lowest BCUT2D eigenvalue weighted by atomic mass is 10.2. The third-order valence-corrected chi connectivity index (χ3v) is 2.72. The van der Waals surface area contributed by atoms with E-state index in [9.17, 15) is 4.79 Å². The molecule has 2 aromatic carbocycles. The van der Waals surface area contributed by atoms with Crippen LogP contribution in [0.3, 0.4) is 0 Å². The normalized spacial score (nSPS) is 9.95. The van der Waals surface area contributed by atoms with Gasteiger partial charge in [-0.15, -0.1) is 0 Å². The fourth-order valence-electron chi connectivity index (χ4n) is 1.74. The molecule has 0 unspecified atom stereocenters. The highest BCUT2D eigenvalue weighted by molar-refractivity contribution is 5.71. The van der Waals surface area contributed by atoms with Crippen LogP contribution in [0.15, 0.2) is 54.6 Å². The fourth-order valence-corrected chi connectivity index (χ4v) is 1.74. The molecule has 0 aliphatic carbocycles. The Labute approximate surface area is 124 Å². The minimum absolute atomic E-state index is 0.101. The van der Waals surface area contributed by atoms with Gasteiger partial charge in [0.05, 0.1) is 6.61 Å². The van der Waals surface area contributed by atoms with E-state index in [1.807, 2.05) is 42.5 Å². The smallest absolute Gasteiger partial charge is 0.344 e. The molecule has 0 N–H and O–H groups in total. The first kappa shape index (κ1) is 14.9. The molecule has 0 amide bonds. The number of carbonyl (C=O) groups is 1. The SMILES string of the molecule is CCOC(=O)COc1cccc(OCc2ccccc2)c1. The minimum Gasteiger partial charge on any atom is -0.489 e. The Morgan fingerprint density at radius 2 is 1.67 bits per heavy atom. The molecule has 0 aliphatic rings. The Balaban J connectivity index is 1.87. The van der Waals surface area contributed by atoms with Crippen LogP contribution in [0.2, 0.25) is 0 Å². The first-order chi connectivity index (χ1) is 10.3. The zero-order valence-corrected chi connectivity index (χ0v) is 12.0. The highest BCUT2D eigenvalue weighted by atomic mass is 16.6. The Kier molecular flexibility index (Phi) is 5.64. The number of ether oxygens (including phenoxy) is 3. The highest BCUT2D eigenvalue weighted by Crippen LogP contribution is 2.20. The van der Waals surface area contributed by atoms with Gasteiger partial charge < -0.3 is 14.2 Å². The maximum Gasteiger partial charge on any atom is 0.344 e. The lowest BCUT2D eigenvalue weighted by Crippen LogP contribution is -2.14. The number of esters is 1. The first-order valence-electron chi connectivity index (χ1n) is 6.83. The van der Waals surface area contributed by atoms with Gasteiger partial charge in [-0.05, 0) is 24.6 Å². The third kappa shape index (κ3) is 5.18. The average Bonchev–Trinajstić information content (AvgIpc) is 2.53. The Hall–Kier alpha value is -2.49. The van der Waals surface area contributed by atoms with Gasteiger partial charge in [-0.3, -0.25) is 0 Å². The van der Waals surface area contributed by atoms with Crippen LogP contribution in [0.1, 0.15) is 12.5 Å². The summed E-state index contributed by atoms with van der Waals surface area (Å²) < 4.78 is 15.9. The average molecular weight is 286 g/mol. The second kappa shape index (κ2) is 7.94. The molecule has 0 atom stereocenters. The number of hydrogen-bond donors (Lipinski definition) is 0. The van der Waals surface area contributed by atoms with Crippen molar-refractivity contribution in [3.05, 3.63) is 60.2 Å². The van der Waals surface area contributed by atoms with Crippen molar-refractivity contribution in [1.29, 1.82) is 0 Å². The second-order valence-corrected chi connectivity index (χ2v) is 4.34. The number of hydrogen-bond acceptors (Lipinski definition) is 4.